The lowest BCUT2D eigenvalue weighted by molar-refractivity contribution is 0.172. The van der Waals surface area contributed by atoms with Gasteiger partial charge in [-0.05, 0) is 13.8 Å². The molecule has 0 amide bonds. The normalized spacial score (nSPS) is 12.8. The predicted molar refractivity (Wildman–Crippen MR) is 51.0 cm³/mol. The lowest BCUT2D eigenvalue weighted by Crippen LogP contribution is -2.08. The largest absolute Gasteiger partial charge is 0.386 e. The molecule has 1 N–H and O–H groups in total. The molecular formula is C10H14N2O. The van der Waals surface area contributed by atoms with E-state index < -0.39 is 6.10 Å². The standard InChI is InChI=1S/C10H14N2O/c1-4-5-10(13)9-6-11-7-12(9)8(2)3/h1,6-8,10,13H,5H2,2-3H3. The Morgan fingerprint density at radius 2 is 2.38 bits per heavy atom. The van der Waals surface area contributed by atoms with E-state index >= 15 is 0 Å². The topological polar surface area (TPSA) is 38.1 Å². The molecule has 0 saturated heterocycles. The molecule has 0 aliphatic carbocycles. The van der Waals surface area contributed by atoms with Crippen LogP contribution in [0.2, 0.25) is 0 Å². The van der Waals surface area contributed by atoms with E-state index in [4.69, 9.17) is 6.42 Å². The molecule has 0 spiro atoms. The second-order valence-electron chi connectivity index (χ2n) is 3.24. The van der Waals surface area contributed by atoms with Crippen LogP contribution in [0.5, 0.6) is 0 Å². The summed E-state index contributed by atoms with van der Waals surface area (Å²) in [6, 6.07) is 0.296. The van der Waals surface area contributed by atoms with Crippen molar-refractivity contribution in [1.82, 2.24) is 9.55 Å². The number of aromatic nitrogens is 2. The number of rotatable bonds is 3. The van der Waals surface area contributed by atoms with Crippen molar-refractivity contribution >= 4 is 0 Å². The van der Waals surface area contributed by atoms with Crippen LogP contribution in [0.15, 0.2) is 12.5 Å². The van der Waals surface area contributed by atoms with Crippen LogP contribution in [-0.2, 0) is 0 Å². The van der Waals surface area contributed by atoms with Gasteiger partial charge in [-0.25, -0.2) is 4.98 Å². The highest BCUT2D eigenvalue weighted by Gasteiger charge is 2.12. The Bertz CT molecular complexity index is 309. The minimum Gasteiger partial charge on any atom is -0.386 e. The Morgan fingerprint density at radius 3 is 2.92 bits per heavy atom. The van der Waals surface area contributed by atoms with E-state index in [1.807, 2.05) is 18.4 Å². The van der Waals surface area contributed by atoms with E-state index in [1.54, 1.807) is 12.5 Å². The third-order valence-electron chi connectivity index (χ3n) is 1.90. The van der Waals surface area contributed by atoms with Gasteiger partial charge >= 0.3 is 0 Å². The van der Waals surface area contributed by atoms with E-state index in [2.05, 4.69) is 10.9 Å². The third kappa shape index (κ3) is 2.10. The summed E-state index contributed by atoms with van der Waals surface area (Å²) in [6.45, 7) is 4.07. The van der Waals surface area contributed by atoms with Gasteiger partial charge in [0.15, 0.2) is 0 Å². The van der Waals surface area contributed by atoms with Crippen molar-refractivity contribution in [3.8, 4) is 12.3 Å². The molecule has 1 heterocycles. The first-order valence-electron chi connectivity index (χ1n) is 4.30. The van der Waals surface area contributed by atoms with Gasteiger partial charge in [-0.1, -0.05) is 0 Å². The molecule has 0 radical (unpaired) electrons. The number of aliphatic hydroxyl groups excluding tert-OH is 1. The van der Waals surface area contributed by atoms with E-state index in [9.17, 15) is 5.11 Å². The molecule has 13 heavy (non-hydrogen) atoms. The zero-order valence-corrected chi connectivity index (χ0v) is 7.94. The van der Waals surface area contributed by atoms with Crippen molar-refractivity contribution < 1.29 is 5.11 Å². The first kappa shape index (κ1) is 9.82. The molecule has 1 aromatic heterocycles. The molecule has 1 unspecified atom stereocenters. The van der Waals surface area contributed by atoms with Gasteiger partial charge in [-0.3, -0.25) is 0 Å². The Morgan fingerprint density at radius 1 is 1.69 bits per heavy atom. The lowest BCUT2D eigenvalue weighted by atomic mass is 10.2. The zero-order chi connectivity index (χ0) is 9.84. The number of terminal acetylenes is 1. The summed E-state index contributed by atoms with van der Waals surface area (Å²) in [5.41, 5.74) is 0.785. The van der Waals surface area contributed by atoms with Crippen LogP contribution < -0.4 is 0 Å². The molecule has 0 fully saturated rings. The smallest absolute Gasteiger partial charge is 0.106 e. The highest BCUT2D eigenvalue weighted by molar-refractivity contribution is 5.07. The van der Waals surface area contributed by atoms with Crippen molar-refractivity contribution in [1.29, 1.82) is 0 Å². The molecule has 0 saturated carbocycles. The minimum atomic E-state index is -0.602. The Labute approximate surface area is 78.4 Å². The minimum absolute atomic E-state index is 0.296. The maximum absolute atomic E-state index is 9.64. The monoisotopic (exact) mass is 178 g/mol. The molecule has 3 heteroatoms. The Hall–Kier alpha value is -1.27. The fourth-order valence-electron chi connectivity index (χ4n) is 1.22. The molecule has 1 atom stereocenters. The quantitative estimate of drug-likeness (QED) is 0.713. The Kier molecular flexibility index (Phi) is 3.10. The highest BCUT2D eigenvalue weighted by atomic mass is 16.3. The van der Waals surface area contributed by atoms with E-state index in [1.165, 1.54) is 0 Å². The second kappa shape index (κ2) is 4.11. The first-order valence-corrected chi connectivity index (χ1v) is 4.30. The van der Waals surface area contributed by atoms with Gasteiger partial charge in [-0.2, -0.15) is 0 Å². The molecule has 3 nitrogen and oxygen atoms in total. The van der Waals surface area contributed by atoms with Gasteiger partial charge < -0.3 is 9.67 Å². The van der Waals surface area contributed by atoms with Crippen LogP contribution in [0.1, 0.15) is 38.1 Å². The molecular weight excluding hydrogens is 164 g/mol. The van der Waals surface area contributed by atoms with E-state index in [0.29, 0.717) is 12.5 Å². The van der Waals surface area contributed by atoms with E-state index in [-0.39, 0.29) is 0 Å². The number of hydrogen-bond acceptors (Lipinski definition) is 2. The first-order chi connectivity index (χ1) is 6.16. The molecule has 0 bridgehead atoms. The molecule has 70 valence electrons. The maximum Gasteiger partial charge on any atom is 0.106 e. The predicted octanol–water partition coefficient (Wildman–Crippen LogP) is 1.52. The van der Waals surface area contributed by atoms with Crippen LogP contribution in [0, 0.1) is 12.3 Å². The number of imidazole rings is 1. The summed E-state index contributed by atoms with van der Waals surface area (Å²) < 4.78 is 1.92. The van der Waals surface area contributed by atoms with Gasteiger partial charge in [0.2, 0.25) is 0 Å². The average molecular weight is 178 g/mol. The summed E-state index contributed by atoms with van der Waals surface area (Å²) in [6.07, 6.45) is 8.21. The van der Waals surface area contributed by atoms with Crippen molar-refractivity contribution in [3.05, 3.63) is 18.2 Å². The average Bonchev–Trinajstić information content (AvgIpc) is 2.52. The van der Waals surface area contributed by atoms with Gasteiger partial charge in [0, 0.05) is 12.5 Å². The fraction of sp³-hybridized carbons (Fsp3) is 0.500. The lowest BCUT2D eigenvalue weighted by Gasteiger charge is -2.14. The van der Waals surface area contributed by atoms with E-state index in [0.717, 1.165) is 5.69 Å². The molecule has 1 aromatic rings. The summed E-state index contributed by atoms with van der Waals surface area (Å²) in [5, 5.41) is 9.64. The maximum atomic E-state index is 9.64. The molecule has 0 aromatic carbocycles. The molecule has 0 aliphatic heterocycles. The van der Waals surface area contributed by atoms with Crippen LogP contribution >= 0.6 is 0 Å². The summed E-state index contributed by atoms with van der Waals surface area (Å²) in [5.74, 6) is 2.43. The Balaban J connectivity index is 2.88. The number of aliphatic hydroxyl groups is 1. The van der Waals surface area contributed by atoms with Crippen molar-refractivity contribution in [2.24, 2.45) is 0 Å². The van der Waals surface area contributed by atoms with Crippen LogP contribution in [-0.4, -0.2) is 14.7 Å². The van der Waals surface area contributed by atoms with Gasteiger partial charge in [0.25, 0.3) is 0 Å². The van der Waals surface area contributed by atoms with Crippen LogP contribution in [0.25, 0.3) is 0 Å². The number of nitrogens with zero attached hydrogens (tertiary/aromatic N) is 2. The zero-order valence-electron chi connectivity index (χ0n) is 7.94. The summed E-state index contributed by atoms with van der Waals surface area (Å²) >= 11 is 0. The highest BCUT2D eigenvalue weighted by Crippen LogP contribution is 2.18. The van der Waals surface area contributed by atoms with Crippen molar-refractivity contribution in [2.45, 2.75) is 32.4 Å². The van der Waals surface area contributed by atoms with Crippen molar-refractivity contribution in [2.75, 3.05) is 0 Å². The molecule has 0 aliphatic rings. The van der Waals surface area contributed by atoms with Gasteiger partial charge in [0.1, 0.15) is 6.10 Å². The third-order valence-corrected chi connectivity index (χ3v) is 1.90. The van der Waals surface area contributed by atoms with Crippen molar-refractivity contribution in [3.63, 3.8) is 0 Å². The fourth-order valence-corrected chi connectivity index (χ4v) is 1.22. The molecule has 1 rings (SSSR count). The van der Waals surface area contributed by atoms with Gasteiger partial charge in [0.05, 0.1) is 18.2 Å². The SMILES string of the molecule is C#CCC(O)c1cncn1C(C)C. The van der Waals surface area contributed by atoms with Crippen LogP contribution in [0.4, 0.5) is 0 Å². The number of hydrogen-bond donors (Lipinski definition) is 1. The van der Waals surface area contributed by atoms with Gasteiger partial charge in [-0.15, -0.1) is 12.3 Å². The van der Waals surface area contributed by atoms with Crippen LogP contribution in [0.3, 0.4) is 0 Å². The summed E-state index contributed by atoms with van der Waals surface area (Å²) in [4.78, 5) is 3.98. The second-order valence-corrected chi connectivity index (χ2v) is 3.24. The summed E-state index contributed by atoms with van der Waals surface area (Å²) in [7, 11) is 0.